The summed E-state index contributed by atoms with van der Waals surface area (Å²) in [6, 6.07) is 7.05. The van der Waals surface area contributed by atoms with Gasteiger partial charge in [-0.25, -0.2) is 4.98 Å². The lowest BCUT2D eigenvalue weighted by atomic mass is 9.89. The number of aromatic amines is 1. The van der Waals surface area contributed by atoms with Crippen LogP contribution < -0.4 is 5.73 Å². The van der Waals surface area contributed by atoms with E-state index in [0.717, 1.165) is 17.9 Å². The van der Waals surface area contributed by atoms with Gasteiger partial charge in [-0.3, -0.25) is 10.1 Å². The molecule has 0 bridgehead atoms. The number of benzene rings is 1. The van der Waals surface area contributed by atoms with Crippen molar-refractivity contribution < 1.29 is 5.11 Å². The van der Waals surface area contributed by atoms with Gasteiger partial charge in [-0.05, 0) is 48.6 Å². The minimum Gasteiger partial charge on any atom is -0.508 e. The average molecular weight is 339 g/mol. The normalized spacial score (nSPS) is 16.6. The highest BCUT2D eigenvalue weighted by atomic mass is 16.3. The van der Waals surface area contributed by atoms with Crippen LogP contribution in [0.15, 0.2) is 35.3 Å². The molecule has 1 aromatic carbocycles. The number of H-pyrrole nitrogens is 1. The molecular weight excluding hydrogens is 314 g/mol. The summed E-state index contributed by atoms with van der Waals surface area (Å²) >= 11 is 0. The molecule has 0 radical (unpaired) electrons. The minimum atomic E-state index is 0.257. The van der Waals surface area contributed by atoms with Gasteiger partial charge in [0.15, 0.2) is 5.82 Å². The van der Waals surface area contributed by atoms with Crippen molar-refractivity contribution in [1.82, 2.24) is 15.2 Å². The van der Waals surface area contributed by atoms with Crippen molar-refractivity contribution >= 4 is 11.9 Å². The van der Waals surface area contributed by atoms with Gasteiger partial charge >= 0.3 is 0 Å². The lowest BCUT2D eigenvalue weighted by molar-refractivity contribution is 0.367. The Morgan fingerprint density at radius 1 is 1.24 bits per heavy atom. The third-order valence-corrected chi connectivity index (χ3v) is 4.52. The highest BCUT2D eigenvalue weighted by Crippen LogP contribution is 2.23. The summed E-state index contributed by atoms with van der Waals surface area (Å²) in [6.45, 7) is 0.816. The number of hydrogen-bond donors (Lipinski definition) is 3. The van der Waals surface area contributed by atoms with E-state index in [4.69, 9.17) is 5.73 Å². The number of aromatic nitrogens is 3. The van der Waals surface area contributed by atoms with Gasteiger partial charge in [0.1, 0.15) is 17.4 Å². The first-order chi connectivity index (χ1) is 12.2. The van der Waals surface area contributed by atoms with E-state index in [2.05, 4.69) is 20.2 Å². The molecule has 132 valence electrons. The van der Waals surface area contributed by atoms with Crippen LogP contribution in [-0.4, -0.2) is 32.7 Å². The number of amidine groups is 1. The second-order valence-electron chi connectivity index (χ2n) is 6.59. The van der Waals surface area contributed by atoms with Gasteiger partial charge in [0, 0.05) is 13.0 Å². The Morgan fingerprint density at radius 2 is 2.00 bits per heavy atom. The minimum absolute atomic E-state index is 0.257. The molecule has 0 atom stereocenters. The molecule has 6 heteroatoms. The topological polar surface area (TPSA) is 100 Å². The van der Waals surface area contributed by atoms with Crippen molar-refractivity contribution in [2.75, 3.05) is 6.54 Å². The lowest BCUT2D eigenvalue weighted by Crippen LogP contribution is -2.14. The Hall–Kier alpha value is -2.63. The smallest absolute Gasteiger partial charge is 0.174 e. The molecule has 2 aromatic rings. The van der Waals surface area contributed by atoms with Crippen LogP contribution in [0.25, 0.3) is 6.08 Å². The Labute approximate surface area is 147 Å². The van der Waals surface area contributed by atoms with Crippen LogP contribution in [0.3, 0.4) is 0 Å². The van der Waals surface area contributed by atoms with E-state index in [1.54, 1.807) is 24.3 Å². The maximum Gasteiger partial charge on any atom is 0.174 e. The largest absolute Gasteiger partial charge is 0.508 e. The number of phenols is 1. The first-order valence-electron chi connectivity index (χ1n) is 8.86. The molecule has 4 N–H and O–H groups in total. The standard InChI is InChI=1S/C19H25N5O/c20-17(21-13-15-4-2-1-3-5-15)10-11-18-22-19(24-23-18)12-14-6-8-16(25)9-7-14/h6-11,15,25H,1-5,12-13H2,(H2,20,21)(H,22,23,24)/b11-10-. The van der Waals surface area contributed by atoms with Crippen molar-refractivity contribution in [2.24, 2.45) is 16.6 Å². The SMILES string of the molecule is NC(/C=C\c1n[nH]c(Cc2ccc(O)cc2)n1)=NCC1CCCCC1. The fourth-order valence-corrected chi connectivity index (χ4v) is 3.09. The van der Waals surface area contributed by atoms with E-state index in [9.17, 15) is 5.11 Å². The molecular formula is C19H25N5O. The number of nitrogens with zero attached hydrogens (tertiary/aromatic N) is 3. The summed E-state index contributed by atoms with van der Waals surface area (Å²) in [5.74, 6) is 2.82. The molecule has 0 amide bonds. The number of phenolic OH excluding ortho intramolecular Hbond substituents is 1. The zero-order chi connectivity index (χ0) is 17.5. The lowest BCUT2D eigenvalue weighted by Gasteiger charge is -2.19. The summed E-state index contributed by atoms with van der Waals surface area (Å²) in [5, 5.41) is 16.4. The summed E-state index contributed by atoms with van der Waals surface area (Å²) in [5.41, 5.74) is 7.01. The molecule has 3 rings (SSSR count). The van der Waals surface area contributed by atoms with Crippen molar-refractivity contribution in [3.63, 3.8) is 0 Å². The van der Waals surface area contributed by atoms with Gasteiger partial charge in [-0.1, -0.05) is 31.4 Å². The van der Waals surface area contributed by atoms with Crippen molar-refractivity contribution in [1.29, 1.82) is 0 Å². The highest BCUT2D eigenvalue weighted by Gasteiger charge is 2.12. The van der Waals surface area contributed by atoms with Crippen molar-refractivity contribution in [2.45, 2.75) is 38.5 Å². The average Bonchev–Trinajstić information content (AvgIpc) is 3.08. The second-order valence-corrected chi connectivity index (χ2v) is 6.59. The third-order valence-electron chi connectivity index (χ3n) is 4.52. The quantitative estimate of drug-likeness (QED) is 0.556. The summed E-state index contributed by atoms with van der Waals surface area (Å²) in [6.07, 6.45) is 10.7. The zero-order valence-corrected chi connectivity index (χ0v) is 14.4. The molecule has 0 unspecified atom stereocenters. The first-order valence-corrected chi connectivity index (χ1v) is 8.86. The maximum absolute atomic E-state index is 9.31. The molecule has 1 aromatic heterocycles. The Bertz CT molecular complexity index is 727. The second kappa shape index (κ2) is 8.46. The summed E-state index contributed by atoms with van der Waals surface area (Å²) in [4.78, 5) is 8.89. The highest BCUT2D eigenvalue weighted by molar-refractivity contribution is 5.94. The van der Waals surface area contributed by atoms with Crippen LogP contribution in [0, 0.1) is 5.92 Å². The number of rotatable bonds is 6. The first kappa shape index (κ1) is 17.2. The number of aliphatic imine (C=N–C) groups is 1. The van der Waals surface area contributed by atoms with Gasteiger partial charge < -0.3 is 10.8 Å². The van der Waals surface area contributed by atoms with Crippen molar-refractivity contribution in [3.05, 3.63) is 47.6 Å². The summed E-state index contributed by atoms with van der Waals surface area (Å²) in [7, 11) is 0. The van der Waals surface area contributed by atoms with Gasteiger partial charge in [-0.2, -0.15) is 5.10 Å². The molecule has 0 spiro atoms. The number of hydrogen-bond acceptors (Lipinski definition) is 4. The molecule has 0 aliphatic heterocycles. The van der Waals surface area contributed by atoms with Gasteiger partial charge in [0.2, 0.25) is 0 Å². The molecule has 1 aliphatic rings. The van der Waals surface area contributed by atoms with Crippen LogP contribution in [0.5, 0.6) is 5.75 Å². The van der Waals surface area contributed by atoms with Crippen molar-refractivity contribution in [3.8, 4) is 5.75 Å². The van der Waals surface area contributed by atoms with E-state index < -0.39 is 0 Å². The van der Waals surface area contributed by atoms with E-state index in [1.165, 1.54) is 32.1 Å². The fraction of sp³-hybridized carbons (Fsp3) is 0.421. The van der Waals surface area contributed by atoms with E-state index >= 15 is 0 Å². The van der Waals surface area contributed by atoms with Crippen LogP contribution in [0.4, 0.5) is 0 Å². The van der Waals surface area contributed by atoms with Gasteiger partial charge in [0.05, 0.1) is 0 Å². The molecule has 1 saturated carbocycles. The molecule has 1 fully saturated rings. The zero-order valence-electron chi connectivity index (χ0n) is 14.4. The predicted molar refractivity (Wildman–Crippen MR) is 99.4 cm³/mol. The summed E-state index contributed by atoms with van der Waals surface area (Å²) < 4.78 is 0. The molecule has 6 nitrogen and oxygen atoms in total. The Kier molecular flexibility index (Phi) is 5.82. The predicted octanol–water partition coefficient (Wildman–Crippen LogP) is 3.05. The van der Waals surface area contributed by atoms with Gasteiger partial charge in [-0.15, -0.1) is 0 Å². The number of aromatic hydroxyl groups is 1. The molecule has 0 saturated heterocycles. The van der Waals surface area contributed by atoms with Crippen LogP contribution in [0.1, 0.15) is 49.3 Å². The Morgan fingerprint density at radius 3 is 2.76 bits per heavy atom. The van der Waals surface area contributed by atoms with Crippen LogP contribution in [0.2, 0.25) is 0 Å². The van der Waals surface area contributed by atoms with Gasteiger partial charge in [0.25, 0.3) is 0 Å². The number of nitrogens with two attached hydrogens (primary N) is 1. The Balaban J connectivity index is 1.52. The van der Waals surface area contributed by atoms with Crippen LogP contribution >= 0.6 is 0 Å². The van der Waals surface area contributed by atoms with E-state index in [1.807, 2.05) is 12.1 Å². The number of nitrogens with one attached hydrogen (secondary N) is 1. The fourth-order valence-electron chi connectivity index (χ4n) is 3.09. The maximum atomic E-state index is 9.31. The van der Waals surface area contributed by atoms with E-state index in [0.29, 0.717) is 24.0 Å². The molecule has 1 aliphatic carbocycles. The monoisotopic (exact) mass is 339 g/mol. The molecule has 25 heavy (non-hydrogen) atoms. The third kappa shape index (κ3) is 5.45. The van der Waals surface area contributed by atoms with E-state index in [-0.39, 0.29) is 5.75 Å². The van der Waals surface area contributed by atoms with Crippen LogP contribution in [-0.2, 0) is 6.42 Å². The molecule has 1 heterocycles.